The summed E-state index contributed by atoms with van der Waals surface area (Å²) in [5.74, 6) is 1.74. The Morgan fingerprint density at radius 2 is 1.90 bits per heavy atom. The molecular formula is C25H26ClN3OS. The fourth-order valence-corrected chi connectivity index (χ4v) is 5.52. The van der Waals surface area contributed by atoms with E-state index < -0.39 is 0 Å². The monoisotopic (exact) mass is 451 g/mol. The zero-order valence-electron chi connectivity index (χ0n) is 17.6. The van der Waals surface area contributed by atoms with Gasteiger partial charge in [0, 0.05) is 22.8 Å². The summed E-state index contributed by atoms with van der Waals surface area (Å²) >= 11 is 12.2. The van der Waals surface area contributed by atoms with Gasteiger partial charge < -0.3 is 14.6 Å². The summed E-state index contributed by atoms with van der Waals surface area (Å²) in [6.45, 7) is 2.02. The molecule has 2 fully saturated rings. The van der Waals surface area contributed by atoms with Crippen LogP contribution in [0.1, 0.15) is 61.2 Å². The molecule has 5 rings (SSSR count). The van der Waals surface area contributed by atoms with Crippen LogP contribution < -0.4 is 5.32 Å². The van der Waals surface area contributed by atoms with Gasteiger partial charge in [-0.25, -0.2) is 0 Å². The minimum Gasteiger partial charge on any atom is -0.459 e. The number of rotatable bonds is 4. The summed E-state index contributed by atoms with van der Waals surface area (Å²) < 4.78 is 6.48. The van der Waals surface area contributed by atoms with E-state index in [2.05, 4.69) is 33.4 Å². The Hall–Kier alpha value is -2.37. The van der Waals surface area contributed by atoms with Crippen molar-refractivity contribution in [2.45, 2.75) is 57.2 Å². The highest BCUT2D eigenvalue weighted by atomic mass is 35.5. The fourth-order valence-electron chi connectivity index (χ4n) is 4.95. The zero-order chi connectivity index (χ0) is 21.4. The molecule has 2 aromatic heterocycles. The number of pyridine rings is 1. The summed E-state index contributed by atoms with van der Waals surface area (Å²) in [7, 11) is 0. The third-order valence-electron chi connectivity index (χ3n) is 6.55. The van der Waals surface area contributed by atoms with E-state index >= 15 is 0 Å². The lowest BCUT2D eigenvalue weighted by Gasteiger charge is -2.36. The van der Waals surface area contributed by atoms with Gasteiger partial charge in [0.05, 0.1) is 11.7 Å². The highest BCUT2D eigenvalue weighted by Gasteiger charge is 2.44. The molecule has 6 heteroatoms. The minimum atomic E-state index is -0.0462. The van der Waals surface area contributed by atoms with Crippen LogP contribution in [0, 0.1) is 6.92 Å². The second-order valence-corrected chi connectivity index (χ2v) is 9.23. The second kappa shape index (κ2) is 8.64. The topological polar surface area (TPSA) is 41.3 Å². The molecule has 1 saturated heterocycles. The van der Waals surface area contributed by atoms with Crippen LogP contribution in [0.3, 0.4) is 0 Å². The van der Waals surface area contributed by atoms with Gasteiger partial charge in [-0.3, -0.25) is 4.98 Å². The van der Waals surface area contributed by atoms with Crippen LogP contribution in [0.2, 0.25) is 5.02 Å². The lowest BCUT2D eigenvalue weighted by molar-refractivity contribution is 0.179. The van der Waals surface area contributed by atoms with E-state index in [1.54, 1.807) is 0 Å². The normalized spacial score (nSPS) is 22.0. The first-order valence-corrected chi connectivity index (χ1v) is 11.8. The molecule has 1 aromatic carbocycles. The van der Waals surface area contributed by atoms with Crippen molar-refractivity contribution >= 4 is 28.9 Å². The number of hydrogen-bond donors (Lipinski definition) is 1. The van der Waals surface area contributed by atoms with Crippen molar-refractivity contribution in [1.82, 2.24) is 15.2 Å². The van der Waals surface area contributed by atoms with E-state index in [1.165, 1.54) is 19.3 Å². The van der Waals surface area contributed by atoms with Crippen LogP contribution in [-0.2, 0) is 0 Å². The Kier molecular flexibility index (Phi) is 5.72. The summed E-state index contributed by atoms with van der Waals surface area (Å²) in [6.07, 6.45) is 7.95. The standard InChI is InChI=1S/C25H26ClN3OS/c1-16-18(10-7-11-19(16)26)21-13-14-22(30-21)24-23(20-12-5-6-15-27-20)28-25(31)29(24)17-8-3-2-4-9-17/h5-7,10-15,17,23-24H,2-4,8-9H2,1H3,(H,28,31)/t23-,24+/m0/s1. The second-order valence-electron chi connectivity index (χ2n) is 8.44. The molecule has 0 radical (unpaired) electrons. The molecule has 1 N–H and O–H groups in total. The maximum atomic E-state index is 6.48. The van der Waals surface area contributed by atoms with Crippen LogP contribution >= 0.6 is 23.8 Å². The molecule has 1 saturated carbocycles. The maximum Gasteiger partial charge on any atom is 0.170 e. The Bertz CT molecular complexity index is 1080. The molecule has 1 aliphatic carbocycles. The molecule has 4 nitrogen and oxygen atoms in total. The summed E-state index contributed by atoms with van der Waals surface area (Å²) in [5, 5.41) is 5.09. The van der Waals surface area contributed by atoms with Gasteiger partial charge in [-0.15, -0.1) is 0 Å². The van der Waals surface area contributed by atoms with E-state index in [0.29, 0.717) is 6.04 Å². The molecule has 2 atom stereocenters. The highest BCUT2D eigenvalue weighted by Crippen LogP contribution is 2.44. The van der Waals surface area contributed by atoms with E-state index in [9.17, 15) is 0 Å². The van der Waals surface area contributed by atoms with Crippen molar-refractivity contribution in [3.8, 4) is 11.3 Å². The van der Waals surface area contributed by atoms with Crippen molar-refractivity contribution in [1.29, 1.82) is 0 Å². The zero-order valence-corrected chi connectivity index (χ0v) is 19.1. The first-order valence-electron chi connectivity index (χ1n) is 11.0. The summed E-state index contributed by atoms with van der Waals surface area (Å²) in [6, 6.07) is 16.4. The molecule has 0 unspecified atom stereocenters. The van der Waals surface area contributed by atoms with E-state index in [1.807, 2.05) is 43.5 Å². The van der Waals surface area contributed by atoms with Crippen LogP contribution in [0.25, 0.3) is 11.3 Å². The Labute approximate surface area is 193 Å². The van der Waals surface area contributed by atoms with Gasteiger partial charge >= 0.3 is 0 Å². The Balaban J connectivity index is 1.56. The molecule has 160 valence electrons. The van der Waals surface area contributed by atoms with Gasteiger partial charge in [0.2, 0.25) is 0 Å². The highest BCUT2D eigenvalue weighted by molar-refractivity contribution is 7.80. The SMILES string of the molecule is Cc1c(Cl)cccc1-c1ccc([C@@H]2[C@H](c3ccccn3)NC(=S)N2C2CCCCC2)o1. The molecule has 0 bridgehead atoms. The number of hydrogen-bond acceptors (Lipinski definition) is 3. The number of aromatic nitrogens is 1. The third-order valence-corrected chi connectivity index (χ3v) is 7.29. The Morgan fingerprint density at radius 3 is 2.68 bits per heavy atom. The van der Waals surface area contributed by atoms with E-state index in [0.717, 1.165) is 51.3 Å². The predicted octanol–water partition coefficient (Wildman–Crippen LogP) is 6.61. The van der Waals surface area contributed by atoms with Gasteiger partial charge in [-0.05, 0) is 67.9 Å². The van der Waals surface area contributed by atoms with E-state index in [4.69, 9.17) is 28.2 Å². The molecule has 3 heterocycles. The molecule has 2 aliphatic rings. The largest absolute Gasteiger partial charge is 0.459 e. The van der Waals surface area contributed by atoms with Crippen molar-refractivity contribution in [3.63, 3.8) is 0 Å². The number of furan rings is 1. The van der Waals surface area contributed by atoms with E-state index in [-0.39, 0.29) is 12.1 Å². The summed E-state index contributed by atoms with van der Waals surface area (Å²) in [5.41, 5.74) is 3.02. The first-order chi connectivity index (χ1) is 15.1. The van der Waals surface area contributed by atoms with Crippen molar-refractivity contribution in [3.05, 3.63) is 76.8 Å². The maximum absolute atomic E-state index is 6.48. The number of nitrogens with one attached hydrogen (secondary N) is 1. The van der Waals surface area contributed by atoms with Gasteiger partial charge in [0.1, 0.15) is 17.6 Å². The molecule has 1 aliphatic heterocycles. The number of benzene rings is 1. The van der Waals surface area contributed by atoms with Crippen LogP contribution in [0.15, 0.2) is 59.1 Å². The minimum absolute atomic E-state index is 0.0289. The van der Waals surface area contributed by atoms with Gasteiger partial charge in [0.25, 0.3) is 0 Å². The van der Waals surface area contributed by atoms with Crippen LogP contribution in [0.5, 0.6) is 0 Å². The molecule has 31 heavy (non-hydrogen) atoms. The number of thiocarbonyl (C=S) groups is 1. The molecule has 0 amide bonds. The van der Waals surface area contributed by atoms with Crippen molar-refractivity contribution in [2.75, 3.05) is 0 Å². The average Bonchev–Trinajstić information content (AvgIpc) is 3.41. The first kappa shape index (κ1) is 20.5. The molecule has 3 aromatic rings. The quantitative estimate of drug-likeness (QED) is 0.452. The third kappa shape index (κ3) is 3.85. The van der Waals surface area contributed by atoms with Gasteiger partial charge in [0.15, 0.2) is 5.11 Å². The lowest BCUT2D eigenvalue weighted by atomic mass is 9.92. The number of nitrogens with zero attached hydrogens (tertiary/aromatic N) is 2. The predicted molar refractivity (Wildman–Crippen MR) is 128 cm³/mol. The molecule has 0 spiro atoms. The Morgan fingerprint density at radius 1 is 1.06 bits per heavy atom. The number of halogens is 1. The molecular weight excluding hydrogens is 426 g/mol. The van der Waals surface area contributed by atoms with Gasteiger partial charge in [-0.1, -0.05) is 49.1 Å². The van der Waals surface area contributed by atoms with Crippen LogP contribution in [0.4, 0.5) is 0 Å². The fraction of sp³-hybridized carbons (Fsp3) is 0.360. The summed E-state index contributed by atoms with van der Waals surface area (Å²) in [4.78, 5) is 7.01. The van der Waals surface area contributed by atoms with Gasteiger partial charge in [-0.2, -0.15) is 0 Å². The van der Waals surface area contributed by atoms with Crippen molar-refractivity contribution < 1.29 is 4.42 Å². The van der Waals surface area contributed by atoms with Crippen molar-refractivity contribution in [2.24, 2.45) is 0 Å². The van der Waals surface area contributed by atoms with Crippen LogP contribution in [-0.4, -0.2) is 21.0 Å². The lowest BCUT2D eigenvalue weighted by Crippen LogP contribution is -2.40. The average molecular weight is 452 g/mol. The smallest absolute Gasteiger partial charge is 0.170 e.